The Morgan fingerprint density at radius 1 is 0.386 bits per heavy atom. The van der Waals surface area contributed by atoms with Gasteiger partial charge in [-0.2, -0.15) is 0 Å². The van der Waals surface area contributed by atoms with Crippen LogP contribution in [-0.4, -0.2) is 221 Å². The van der Waals surface area contributed by atoms with Gasteiger partial charge in [0.25, 0.3) is 0 Å². The first-order valence-electron chi connectivity index (χ1n) is 29.0. The Labute approximate surface area is 492 Å². The molecular formula is C55H105N11O17. The van der Waals surface area contributed by atoms with Crippen LogP contribution >= 0.6 is 0 Å². The van der Waals surface area contributed by atoms with Crippen LogP contribution in [0.25, 0.3) is 0 Å². The summed E-state index contributed by atoms with van der Waals surface area (Å²) in [6.07, 6.45) is 6.75. The smallest absolute Gasteiger partial charge is 0.246 e. The maximum atomic E-state index is 13.2. The van der Waals surface area contributed by atoms with E-state index in [4.69, 9.17) is 39.9 Å². The van der Waals surface area contributed by atoms with Crippen molar-refractivity contribution in [2.45, 2.75) is 150 Å². The zero-order chi connectivity index (χ0) is 62.7. The van der Waals surface area contributed by atoms with Crippen LogP contribution in [0.5, 0.6) is 0 Å². The molecule has 0 fully saturated rings. The summed E-state index contributed by atoms with van der Waals surface area (Å²) in [5, 5.41) is 25.0. The number of likely N-dealkylation sites (N-methyl/N-ethyl adjacent to an activating group) is 1. The lowest BCUT2D eigenvalue weighted by molar-refractivity contribution is -0.129. The van der Waals surface area contributed by atoms with Gasteiger partial charge in [0, 0.05) is 58.5 Å². The average Bonchev–Trinajstić information content (AvgIpc) is 3.43. The molecule has 8 amide bonds. The fourth-order valence-electron chi connectivity index (χ4n) is 6.46. The molecule has 0 aromatic rings. The van der Waals surface area contributed by atoms with Gasteiger partial charge in [-0.05, 0) is 92.0 Å². The normalized spacial score (nSPS) is 11.7. The molecular weight excluding hydrogens is 1090 g/mol. The number of hydrogen-bond donors (Lipinski definition) is 11. The summed E-state index contributed by atoms with van der Waals surface area (Å²) in [4.78, 5) is 130. The number of carbonyl (C=O) groups is 11. The summed E-state index contributed by atoms with van der Waals surface area (Å²) in [7, 11) is 1.83. The standard InChI is InChI=1S/C48H89N11O16.C4H8O.C3H8/c1-36(60)31-57-38(46(49)67)11-4-7-17-53-43(64)33-73-29-26-71-23-20-55-42(63)15-10-14-41(62)52-16-9-6-13-40(58-32-37(2)61)48(69)59-39(47(50)68)12-5-8-18-54-44(65)34-74-30-27-72-24-21-56-45(66)35-75-28-25-70-22-19-51-3;1-3-4(2)5;1-3-2/h38-40,51,57-58H,4-35H2,1-3H3,(H2,49,67)(H2,50,68)(H,52,62)(H,53,64)(H,54,65)(H,55,63)(H,56,66)(H,59,69);3H2,1-2H3;3H2,1-2H3/t38-,39-,40-;;/m0../s1. The lowest BCUT2D eigenvalue weighted by atomic mass is 10.1. The van der Waals surface area contributed by atoms with Crippen LogP contribution < -0.4 is 59.3 Å². The van der Waals surface area contributed by atoms with Gasteiger partial charge in [0.1, 0.15) is 43.2 Å². The molecule has 28 heteroatoms. The average molecular weight is 1190 g/mol. The lowest BCUT2D eigenvalue weighted by Gasteiger charge is -2.22. The van der Waals surface area contributed by atoms with Gasteiger partial charge >= 0.3 is 0 Å². The molecule has 0 rings (SSSR count). The van der Waals surface area contributed by atoms with Crippen molar-refractivity contribution in [3.63, 3.8) is 0 Å². The number of primary amides is 2. The molecule has 0 heterocycles. The largest absolute Gasteiger partial charge is 0.378 e. The second kappa shape index (κ2) is 59.6. The summed E-state index contributed by atoms with van der Waals surface area (Å²) >= 11 is 0. The Bertz CT molecular complexity index is 1780. The number of rotatable bonds is 54. The monoisotopic (exact) mass is 1190 g/mol. The minimum absolute atomic E-state index is 0.0633. The van der Waals surface area contributed by atoms with E-state index in [9.17, 15) is 52.7 Å². The van der Waals surface area contributed by atoms with E-state index in [0.29, 0.717) is 110 Å². The van der Waals surface area contributed by atoms with Crippen molar-refractivity contribution < 1.29 is 81.2 Å². The Morgan fingerprint density at radius 3 is 1.08 bits per heavy atom. The highest BCUT2D eigenvalue weighted by Gasteiger charge is 2.24. The van der Waals surface area contributed by atoms with E-state index < -0.39 is 35.8 Å². The number of nitrogens with one attached hydrogen (secondary N) is 9. The molecule has 0 aromatic carbocycles. The van der Waals surface area contributed by atoms with Crippen LogP contribution in [0.3, 0.4) is 0 Å². The summed E-state index contributed by atoms with van der Waals surface area (Å²) < 4.78 is 32.0. The van der Waals surface area contributed by atoms with Crippen LogP contribution in [0.4, 0.5) is 0 Å². The topological polar surface area (TPSA) is 403 Å². The molecule has 13 N–H and O–H groups in total. The third-order valence-corrected chi connectivity index (χ3v) is 11.0. The fraction of sp³-hybridized carbons (Fsp3) is 0.800. The van der Waals surface area contributed by atoms with Gasteiger partial charge in [-0.1, -0.05) is 27.2 Å². The molecule has 0 saturated heterocycles. The Morgan fingerprint density at radius 2 is 0.711 bits per heavy atom. The molecule has 0 unspecified atom stereocenters. The number of amides is 8. The van der Waals surface area contributed by atoms with E-state index in [-0.39, 0.29) is 145 Å². The number of carbonyl (C=O) groups excluding carboxylic acids is 11. The second-order valence-corrected chi connectivity index (χ2v) is 19.1. The number of ether oxygens (including phenoxy) is 6. The van der Waals surface area contributed by atoms with Gasteiger partial charge < -0.3 is 81.9 Å². The first kappa shape index (κ1) is 81.6. The first-order chi connectivity index (χ1) is 39.7. The van der Waals surface area contributed by atoms with Gasteiger partial charge in [-0.25, -0.2) is 0 Å². The minimum atomic E-state index is -0.975. The molecule has 0 aliphatic rings. The van der Waals surface area contributed by atoms with Gasteiger partial charge in [0.2, 0.25) is 47.3 Å². The molecule has 0 aliphatic carbocycles. The van der Waals surface area contributed by atoms with Crippen molar-refractivity contribution in [3.05, 3.63) is 0 Å². The van der Waals surface area contributed by atoms with Crippen LogP contribution in [0.15, 0.2) is 0 Å². The predicted molar refractivity (Wildman–Crippen MR) is 311 cm³/mol. The zero-order valence-electron chi connectivity index (χ0n) is 50.9. The molecule has 83 heavy (non-hydrogen) atoms. The molecule has 28 nitrogen and oxygen atoms in total. The van der Waals surface area contributed by atoms with Crippen molar-refractivity contribution in [2.75, 3.05) is 139 Å². The van der Waals surface area contributed by atoms with E-state index in [0.717, 1.165) is 6.54 Å². The summed E-state index contributed by atoms with van der Waals surface area (Å²) in [5.74, 6) is -3.15. The lowest BCUT2D eigenvalue weighted by Crippen LogP contribution is -2.52. The van der Waals surface area contributed by atoms with Crippen LogP contribution in [0, 0.1) is 0 Å². The van der Waals surface area contributed by atoms with Gasteiger partial charge in [-0.3, -0.25) is 58.6 Å². The van der Waals surface area contributed by atoms with Crippen LogP contribution in [0.2, 0.25) is 0 Å². The van der Waals surface area contributed by atoms with E-state index in [2.05, 4.69) is 61.7 Å². The summed E-state index contributed by atoms with van der Waals surface area (Å²) in [5.41, 5.74) is 10.9. The predicted octanol–water partition coefficient (Wildman–Crippen LogP) is -1.48. The van der Waals surface area contributed by atoms with Crippen molar-refractivity contribution in [1.29, 1.82) is 0 Å². The Hall–Kier alpha value is -5.59. The number of Topliss-reactive ketones (excluding diaryl/α,β-unsaturated/α-hetero) is 3. The first-order valence-corrected chi connectivity index (χ1v) is 29.0. The zero-order valence-corrected chi connectivity index (χ0v) is 50.9. The quantitative estimate of drug-likeness (QED) is 0.0309. The van der Waals surface area contributed by atoms with Gasteiger partial charge in [0.05, 0.1) is 84.6 Å². The maximum absolute atomic E-state index is 13.2. The van der Waals surface area contributed by atoms with Gasteiger partial charge in [-0.15, -0.1) is 0 Å². The Balaban J connectivity index is -0.00000746. The molecule has 0 radical (unpaired) electrons. The second-order valence-electron chi connectivity index (χ2n) is 19.1. The number of hydrogen-bond acceptors (Lipinski definition) is 20. The van der Waals surface area contributed by atoms with E-state index in [1.807, 2.05) is 14.0 Å². The molecule has 0 aromatic heterocycles. The van der Waals surface area contributed by atoms with E-state index in [1.165, 1.54) is 20.3 Å². The number of nitrogens with two attached hydrogens (primary N) is 2. The molecule has 0 bridgehead atoms. The van der Waals surface area contributed by atoms with Crippen LogP contribution in [0.1, 0.15) is 131 Å². The highest BCUT2D eigenvalue weighted by molar-refractivity contribution is 5.89. The van der Waals surface area contributed by atoms with Gasteiger partial charge in [0.15, 0.2) is 0 Å². The van der Waals surface area contributed by atoms with Crippen molar-refractivity contribution in [2.24, 2.45) is 11.5 Å². The fourth-order valence-corrected chi connectivity index (χ4v) is 6.46. The summed E-state index contributed by atoms with van der Waals surface area (Å²) in [6.45, 7) is 15.0. The maximum Gasteiger partial charge on any atom is 0.246 e. The Kier molecular flexibility index (Phi) is 58.6. The highest BCUT2D eigenvalue weighted by Crippen LogP contribution is 2.06. The van der Waals surface area contributed by atoms with Crippen molar-refractivity contribution in [1.82, 2.24) is 47.9 Å². The van der Waals surface area contributed by atoms with Crippen molar-refractivity contribution >= 4 is 64.6 Å². The third kappa shape index (κ3) is 60.8. The molecule has 0 saturated carbocycles. The van der Waals surface area contributed by atoms with Crippen LogP contribution in [-0.2, 0) is 81.2 Å². The summed E-state index contributed by atoms with van der Waals surface area (Å²) in [6, 6.07) is -2.38. The molecule has 3 atom stereocenters. The number of ketones is 3. The third-order valence-electron chi connectivity index (χ3n) is 11.0. The number of unbranched alkanes of at least 4 members (excludes halogenated alkanes) is 3. The highest BCUT2D eigenvalue weighted by atomic mass is 16.5. The molecule has 482 valence electrons. The minimum Gasteiger partial charge on any atom is -0.378 e. The SMILES string of the molecule is CCC.CCC(C)=O.CNCCOCCOCC(=O)NCCOCCOCC(=O)NCCCC[C@H](NC(=O)[C@H](CCCCNC(=O)CCCC(=O)NCCOCCOCC(=O)NCCCC[C@H](NCC(C)=O)C(N)=O)NCC(C)=O)C(N)=O. The van der Waals surface area contributed by atoms with E-state index >= 15 is 0 Å². The molecule has 0 spiro atoms. The van der Waals surface area contributed by atoms with Crippen molar-refractivity contribution in [3.8, 4) is 0 Å². The van der Waals surface area contributed by atoms with E-state index in [1.54, 1.807) is 6.92 Å². The molecule has 0 aliphatic heterocycles.